The van der Waals surface area contributed by atoms with Crippen molar-refractivity contribution < 1.29 is 4.79 Å². The lowest BCUT2D eigenvalue weighted by Crippen LogP contribution is -2.23. The Morgan fingerprint density at radius 2 is 1.79 bits per heavy atom. The fourth-order valence-electron chi connectivity index (χ4n) is 2.62. The zero-order valence-electron chi connectivity index (χ0n) is 10.7. The first-order valence-electron chi connectivity index (χ1n) is 6.58. The van der Waals surface area contributed by atoms with E-state index in [2.05, 4.69) is 4.90 Å². The highest BCUT2D eigenvalue weighted by molar-refractivity contribution is 5.99. The van der Waals surface area contributed by atoms with E-state index < -0.39 is 0 Å². The molecule has 1 amide bonds. The highest BCUT2D eigenvalue weighted by Crippen LogP contribution is 2.26. The highest BCUT2D eigenvalue weighted by Gasteiger charge is 2.18. The number of rotatable bonds is 3. The van der Waals surface area contributed by atoms with E-state index in [9.17, 15) is 4.79 Å². The molecule has 0 saturated carbocycles. The zero-order chi connectivity index (χ0) is 13.2. The Morgan fingerprint density at radius 3 is 2.42 bits per heavy atom. The van der Waals surface area contributed by atoms with Crippen molar-refractivity contribution >= 4 is 11.6 Å². The molecule has 19 heavy (non-hydrogen) atoms. The third-order valence-corrected chi connectivity index (χ3v) is 3.59. The topological polar surface area (TPSA) is 51.3 Å². The van der Waals surface area contributed by atoms with Gasteiger partial charge in [-0.25, -0.2) is 0 Å². The summed E-state index contributed by atoms with van der Waals surface area (Å²) in [5, 5.41) is 0. The quantitative estimate of drug-likeness (QED) is 0.914. The summed E-state index contributed by atoms with van der Waals surface area (Å²) in [4.78, 5) is 13.9. The van der Waals surface area contributed by atoms with Crippen LogP contribution in [0.25, 0.3) is 5.69 Å². The Morgan fingerprint density at radius 1 is 1.11 bits per heavy atom. The maximum absolute atomic E-state index is 11.7. The molecule has 0 radical (unpaired) electrons. The van der Waals surface area contributed by atoms with E-state index in [0.29, 0.717) is 5.56 Å². The predicted octanol–water partition coefficient (Wildman–Crippen LogP) is 2.18. The number of carbonyl (C=O) groups excluding carboxylic acids is 1. The number of anilines is 1. The average molecular weight is 255 g/mol. The summed E-state index contributed by atoms with van der Waals surface area (Å²) >= 11 is 0. The molecule has 1 aliphatic rings. The third kappa shape index (κ3) is 2.21. The minimum absolute atomic E-state index is 0.365. The SMILES string of the molecule is NC(=O)c1cc(-n2cccc2)ccc1N1CCCC1. The molecule has 1 aliphatic heterocycles. The molecule has 1 fully saturated rings. The minimum atomic E-state index is -0.365. The Balaban J connectivity index is 2.04. The van der Waals surface area contributed by atoms with Gasteiger partial charge in [-0.2, -0.15) is 0 Å². The van der Waals surface area contributed by atoms with E-state index in [0.717, 1.165) is 24.5 Å². The van der Waals surface area contributed by atoms with Crippen molar-refractivity contribution in [3.05, 3.63) is 48.3 Å². The molecule has 0 spiro atoms. The summed E-state index contributed by atoms with van der Waals surface area (Å²) in [6.45, 7) is 2.01. The molecule has 2 N–H and O–H groups in total. The molecule has 0 unspecified atom stereocenters. The monoisotopic (exact) mass is 255 g/mol. The number of primary amides is 1. The summed E-state index contributed by atoms with van der Waals surface area (Å²) in [6, 6.07) is 9.81. The lowest BCUT2D eigenvalue weighted by atomic mass is 10.1. The summed E-state index contributed by atoms with van der Waals surface area (Å²) in [5.74, 6) is -0.365. The number of benzene rings is 1. The van der Waals surface area contributed by atoms with Crippen LogP contribution in [0.3, 0.4) is 0 Å². The minimum Gasteiger partial charge on any atom is -0.371 e. The van der Waals surface area contributed by atoms with Gasteiger partial charge in [0.1, 0.15) is 0 Å². The Labute approximate surface area is 112 Å². The zero-order valence-corrected chi connectivity index (χ0v) is 10.7. The van der Waals surface area contributed by atoms with Gasteiger partial charge < -0.3 is 15.2 Å². The van der Waals surface area contributed by atoms with Crippen LogP contribution < -0.4 is 10.6 Å². The second-order valence-electron chi connectivity index (χ2n) is 4.85. The fraction of sp³-hybridized carbons (Fsp3) is 0.267. The van der Waals surface area contributed by atoms with Crippen LogP contribution in [0, 0.1) is 0 Å². The van der Waals surface area contributed by atoms with Gasteiger partial charge in [0, 0.05) is 36.9 Å². The highest BCUT2D eigenvalue weighted by atomic mass is 16.1. The summed E-state index contributed by atoms with van der Waals surface area (Å²) < 4.78 is 1.97. The van der Waals surface area contributed by atoms with E-state index in [-0.39, 0.29) is 5.91 Å². The smallest absolute Gasteiger partial charge is 0.250 e. The normalized spacial score (nSPS) is 14.8. The van der Waals surface area contributed by atoms with Gasteiger partial charge >= 0.3 is 0 Å². The van der Waals surface area contributed by atoms with Gasteiger partial charge in [0.05, 0.1) is 5.56 Å². The molecular formula is C15H17N3O. The Kier molecular flexibility index (Phi) is 2.99. The number of amides is 1. The Bertz CT molecular complexity index is 583. The van der Waals surface area contributed by atoms with Gasteiger partial charge in [-0.15, -0.1) is 0 Å². The number of nitrogens with zero attached hydrogens (tertiary/aromatic N) is 2. The van der Waals surface area contributed by atoms with E-state index in [1.165, 1.54) is 12.8 Å². The van der Waals surface area contributed by atoms with Crippen LogP contribution in [0.1, 0.15) is 23.2 Å². The molecule has 2 aromatic rings. The molecule has 0 atom stereocenters. The van der Waals surface area contributed by atoms with Crippen LogP contribution in [0.2, 0.25) is 0 Å². The van der Waals surface area contributed by atoms with Gasteiger partial charge in [-0.1, -0.05) is 0 Å². The molecule has 2 heterocycles. The molecule has 4 heteroatoms. The van der Waals surface area contributed by atoms with Gasteiger partial charge in [0.2, 0.25) is 0 Å². The van der Waals surface area contributed by atoms with Crippen LogP contribution in [-0.4, -0.2) is 23.6 Å². The molecule has 1 saturated heterocycles. The van der Waals surface area contributed by atoms with Crippen molar-refractivity contribution in [2.24, 2.45) is 5.73 Å². The number of aromatic nitrogens is 1. The first-order chi connectivity index (χ1) is 9.25. The summed E-state index contributed by atoms with van der Waals surface area (Å²) in [6.07, 6.45) is 6.26. The van der Waals surface area contributed by atoms with Crippen LogP contribution in [-0.2, 0) is 0 Å². The second kappa shape index (κ2) is 4.80. The average Bonchev–Trinajstić information content (AvgIpc) is 3.11. The van der Waals surface area contributed by atoms with Gasteiger partial charge in [0.25, 0.3) is 5.91 Å². The molecule has 1 aromatic heterocycles. The lowest BCUT2D eigenvalue weighted by molar-refractivity contribution is 0.100. The first kappa shape index (κ1) is 11.8. The maximum Gasteiger partial charge on any atom is 0.250 e. The van der Waals surface area contributed by atoms with Crippen LogP contribution in [0.15, 0.2) is 42.7 Å². The van der Waals surface area contributed by atoms with Crippen molar-refractivity contribution in [1.29, 1.82) is 0 Å². The van der Waals surface area contributed by atoms with Crippen LogP contribution in [0.5, 0.6) is 0 Å². The Hall–Kier alpha value is -2.23. The molecular weight excluding hydrogens is 238 g/mol. The number of hydrogen-bond donors (Lipinski definition) is 1. The predicted molar refractivity (Wildman–Crippen MR) is 75.7 cm³/mol. The number of nitrogens with two attached hydrogens (primary N) is 1. The van der Waals surface area contributed by atoms with Gasteiger partial charge in [0.15, 0.2) is 0 Å². The van der Waals surface area contributed by atoms with E-state index in [1.807, 2.05) is 47.3 Å². The lowest BCUT2D eigenvalue weighted by Gasteiger charge is -2.21. The van der Waals surface area contributed by atoms with Crippen molar-refractivity contribution in [2.45, 2.75) is 12.8 Å². The molecule has 98 valence electrons. The van der Waals surface area contributed by atoms with E-state index in [4.69, 9.17) is 5.73 Å². The number of carbonyl (C=O) groups is 1. The van der Waals surface area contributed by atoms with Crippen LogP contribution >= 0.6 is 0 Å². The fourth-order valence-corrected chi connectivity index (χ4v) is 2.62. The molecule has 0 aliphatic carbocycles. The van der Waals surface area contributed by atoms with E-state index >= 15 is 0 Å². The van der Waals surface area contributed by atoms with Crippen molar-refractivity contribution in [3.63, 3.8) is 0 Å². The largest absolute Gasteiger partial charge is 0.371 e. The molecule has 1 aromatic carbocycles. The van der Waals surface area contributed by atoms with Crippen LogP contribution in [0.4, 0.5) is 5.69 Å². The molecule has 0 bridgehead atoms. The first-order valence-corrected chi connectivity index (χ1v) is 6.58. The molecule has 4 nitrogen and oxygen atoms in total. The molecule has 3 rings (SSSR count). The maximum atomic E-state index is 11.7. The third-order valence-electron chi connectivity index (χ3n) is 3.59. The van der Waals surface area contributed by atoms with Crippen molar-refractivity contribution in [1.82, 2.24) is 4.57 Å². The summed E-state index contributed by atoms with van der Waals surface area (Å²) in [5.41, 5.74) is 8.05. The second-order valence-corrected chi connectivity index (χ2v) is 4.85. The standard InChI is InChI=1S/C15H17N3O/c16-15(19)13-11-12(17-7-1-2-8-17)5-6-14(13)18-9-3-4-10-18/h1-2,5-8,11H,3-4,9-10H2,(H2,16,19). The van der Waals surface area contributed by atoms with Gasteiger partial charge in [-0.3, -0.25) is 4.79 Å². The number of hydrogen-bond acceptors (Lipinski definition) is 2. The van der Waals surface area contributed by atoms with E-state index in [1.54, 1.807) is 0 Å². The van der Waals surface area contributed by atoms with Crippen molar-refractivity contribution in [3.8, 4) is 5.69 Å². The summed E-state index contributed by atoms with van der Waals surface area (Å²) in [7, 11) is 0. The van der Waals surface area contributed by atoms with Crippen molar-refractivity contribution in [2.75, 3.05) is 18.0 Å². The van der Waals surface area contributed by atoms with Gasteiger partial charge in [-0.05, 0) is 43.2 Å².